The van der Waals surface area contributed by atoms with Crippen molar-refractivity contribution in [3.05, 3.63) is 71.8 Å². The number of halogens is 1. The third-order valence-electron chi connectivity index (χ3n) is 4.31. The van der Waals surface area contributed by atoms with Crippen LogP contribution in [0.5, 0.6) is 0 Å². The Labute approximate surface area is 138 Å². The summed E-state index contributed by atoms with van der Waals surface area (Å²) < 4.78 is 2.98. The van der Waals surface area contributed by atoms with Crippen LogP contribution in [-0.4, -0.2) is 14.5 Å². The first kappa shape index (κ1) is 12.7. The fourth-order valence-electron chi connectivity index (χ4n) is 3.29. The molecule has 1 heterocycles. The van der Waals surface area contributed by atoms with E-state index in [4.69, 9.17) is 11.6 Å². The summed E-state index contributed by atoms with van der Waals surface area (Å²) in [5.74, 6) is 0. The molecule has 0 amide bonds. The molecule has 0 aliphatic rings. The molecule has 0 fully saturated rings. The Morgan fingerprint density at radius 2 is 1.45 bits per heavy atom. The van der Waals surface area contributed by atoms with E-state index in [1.807, 2.05) is 6.07 Å². The van der Waals surface area contributed by atoms with Crippen LogP contribution in [0.15, 0.2) is 66.7 Å². The van der Waals surface area contributed by atoms with Crippen molar-refractivity contribution in [3.8, 4) is 0 Å². The van der Waals surface area contributed by atoms with Crippen LogP contribution in [0, 0.1) is 0 Å². The molecule has 5 aromatic rings. The summed E-state index contributed by atoms with van der Waals surface area (Å²) in [5, 5.41) is 8.83. The van der Waals surface area contributed by atoms with Gasteiger partial charge in [-0.3, -0.25) is 0 Å². The summed E-state index contributed by atoms with van der Waals surface area (Å²) in [4.78, 5) is 0. The molecule has 0 spiro atoms. The van der Waals surface area contributed by atoms with Gasteiger partial charge in [0.1, 0.15) is 0 Å². The average Bonchev–Trinajstić information content (AvgIpc) is 2.93. The van der Waals surface area contributed by atoms with Gasteiger partial charge in [0.15, 0.2) is 0 Å². The number of benzene rings is 4. The van der Waals surface area contributed by atoms with Gasteiger partial charge in [-0.15, -0.1) is 0 Å². The van der Waals surface area contributed by atoms with Crippen molar-refractivity contribution < 1.29 is 0 Å². The Bertz CT molecular complexity index is 1180. The normalized spacial score (nSPS) is 11.9. The Hall–Kier alpha value is -1.79. The summed E-state index contributed by atoms with van der Waals surface area (Å²) in [6.45, 7) is 0. The molecule has 0 N–H and O–H groups in total. The van der Waals surface area contributed by atoms with Crippen LogP contribution in [0.2, 0.25) is 5.02 Å². The van der Waals surface area contributed by atoms with Gasteiger partial charge in [-0.25, -0.2) is 0 Å². The monoisotopic (exact) mass is 366 g/mol. The second kappa shape index (κ2) is 4.60. The molecular formula is C20H11ClSe. The van der Waals surface area contributed by atoms with Crippen LogP contribution in [0.3, 0.4) is 0 Å². The molecule has 104 valence electrons. The maximum atomic E-state index is 6.26. The van der Waals surface area contributed by atoms with Gasteiger partial charge in [-0.1, -0.05) is 0 Å². The van der Waals surface area contributed by atoms with Crippen LogP contribution in [0.4, 0.5) is 0 Å². The summed E-state index contributed by atoms with van der Waals surface area (Å²) in [6, 6.07) is 23.9. The fraction of sp³-hybridized carbons (Fsp3) is 0. The Balaban J connectivity index is 2.12. The van der Waals surface area contributed by atoms with E-state index < -0.39 is 0 Å². The topological polar surface area (TPSA) is 0 Å². The van der Waals surface area contributed by atoms with Gasteiger partial charge in [-0.05, 0) is 0 Å². The zero-order valence-electron chi connectivity index (χ0n) is 11.6. The SMILES string of the molecule is Clc1ccc2ccc3ccc4c5ccccc5[se]c4c3c2c1. The molecule has 0 nitrogen and oxygen atoms in total. The molecule has 5 rings (SSSR count). The molecule has 0 bridgehead atoms. The van der Waals surface area contributed by atoms with Crippen LogP contribution in [-0.2, 0) is 0 Å². The summed E-state index contributed by atoms with van der Waals surface area (Å²) in [5.41, 5.74) is 0. The van der Waals surface area contributed by atoms with E-state index >= 15 is 0 Å². The molecular weight excluding hydrogens is 355 g/mol. The molecule has 2 heteroatoms. The van der Waals surface area contributed by atoms with Gasteiger partial charge >= 0.3 is 139 Å². The average molecular weight is 366 g/mol. The van der Waals surface area contributed by atoms with Crippen molar-refractivity contribution in [2.45, 2.75) is 0 Å². The Morgan fingerprint density at radius 3 is 2.41 bits per heavy atom. The van der Waals surface area contributed by atoms with E-state index in [2.05, 4.69) is 60.7 Å². The quantitative estimate of drug-likeness (QED) is 0.233. The van der Waals surface area contributed by atoms with Crippen LogP contribution >= 0.6 is 11.6 Å². The van der Waals surface area contributed by atoms with Crippen molar-refractivity contribution >= 4 is 66.9 Å². The molecule has 0 radical (unpaired) electrons. The molecule has 4 aromatic carbocycles. The predicted molar refractivity (Wildman–Crippen MR) is 98.4 cm³/mol. The van der Waals surface area contributed by atoms with E-state index in [-0.39, 0.29) is 0 Å². The first-order valence-corrected chi connectivity index (χ1v) is 9.33. The predicted octanol–water partition coefficient (Wildman–Crippen LogP) is 6.01. The first-order chi connectivity index (χ1) is 10.8. The van der Waals surface area contributed by atoms with Crippen LogP contribution in [0.1, 0.15) is 0 Å². The van der Waals surface area contributed by atoms with Crippen molar-refractivity contribution in [2.75, 3.05) is 0 Å². The van der Waals surface area contributed by atoms with E-state index in [9.17, 15) is 0 Å². The number of hydrogen-bond donors (Lipinski definition) is 0. The molecule has 0 aliphatic carbocycles. The molecule has 1 aromatic heterocycles. The van der Waals surface area contributed by atoms with Gasteiger partial charge < -0.3 is 0 Å². The summed E-state index contributed by atoms with van der Waals surface area (Å²) in [7, 11) is 0. The van der Waals surface area contributed by atoms with Gasteiger partial charge in [0.25, 0.3) is 0 Å². The molecule has 0 unspecified atom stereocenters. The molecule has 0 aliphatic heterocycles. The zero-order valence-corrected chi connectivity index (χ0v) is 14.1. The summed E-state index contributed by atoms with van der Waals surface area (Å²) in [6.07, 6.45) is 0. The first-order valence-electron chi connectivity index (χ1n) is 7.23. The molecule has 22 heavy (non-hydrogen) atoms. The third-order valence-corrected chi connectivity index (χ3v) is 7.07. The van der Waals surface area contributed by atoms with Gasteiger partial charge in [0, 0.05) is 0 Å². The maximum absolute atomic E-state index is 6.26. The molecule has 0 saturated carbocycles. The van der Waals surface area contributed by atoms with Crippen LogP contribution in [0.25, 0.3) is 40.8 Å². The van der Waals surface area contributed by atoms with Crippen molar-refractivity contribution in [2.24, 2.45) is 0 Å². The number of rotatable bonds is 0. The van der Waals surface area contributed by atoms with Crippen molar-refractivity contribution in [3.63, 3.8) is 0 Å². The van der Waals surface area contributed by atoms with E-state index in [0.717, 1.165) is 5.02 Å². The second-order valence-electron chi connectivity index (χ2n) is 5.57. The Morgan fingerprint density at radius 1 is 0.682 bits per heavy atom. The van der Waals surface area contributed by atoms with E-state index in [1.54, 1.807) is 0 Å². The minimum absolute atomic E-state index is 0.363. The van der Waals surface area contributed by atoms with Crippen molar-refractivity contribution in [1.29, 1.82) is 0 Å². The zero-order chi connectivity index (χ0) is 14.7. The van der Waals surface area contributed by atoms with E-state index in [0.29, 0.717) is 14.5 Å². The standard InChI is InChI=1S/C20H11ClSe/c21-14-9-7-12-5-6-13-8-10-16-15-3-1-2-4-18(15)22-20(16)19(13)17(12)11-14/h1-11H. The summed E-state index contributed by atoms with van der Waals surface area (Å²) >= 11 is 6.63. The Kier molecular flexibility index (Phi) is 2.66. The molecule has 0 saturated heterocycles. The van der Waals surface area contributed by atoms with Crippen molar-refractivity contribution in [1.82, 2.24) is 0 Å². The van der Waals surface area contributed by atoms with Gasteiger partial charge in [-0.2, -0.15) is 0 Å². The third kappa shape index (κ3) is 1.71. The molecule has 0 atom stereocenters. The van der Waals surface area contributed by atoms with Crippen LogP contribution < -0.4 is 0 Å². The van der Waals surface area contributed by atoms with Gasteiger partial charge in [0.05, 0.1) is 0 Å². The second-order valence-corrected chi connectivity index (χ2v) is 8.21. The number of hydrogen-bond acceptors (Lipinski definition) is 0. The minimum atomic E-state index is 0.363. The number of fused-ring (bicyclic) bond motifs is 7. The fourth-order valence-corrected chi connectivity index (χ4v) is 6.13. The van der Waals surface area contributed by atoms with E-state index in [1.165, 1.54) is 40.8 Å². The van der Waals surface area contributed by atoms with Gasteiger partial charge in [0.2, 0.25) is 0 Å².